The molecule has 28 heavy (non-hydrogen) atoms. The molecule has 7 nitrogen and oxygen atoms in total. The van der Waals surface area contributed by atoms with Crippen molar-refractivity contribution in [3.63, 3.8) is 0 Å². The molecule has 0 radical (unpaired) electrons. The summed E-state index contributed by atoms with van der Waals surface area (Å²) in [6.45, 7) is 0. The molecule has 1 N–H and O–H groups in total. The van der Waals surface area contributed by atoms with E-state index in [2.05, 4.69) is 5.32 Å². The maximum atomic E-state index is 12.3. The molecule has 0 fully saturated rings. The lowest BCUT2D eigenvalue weighted by Crippen LogP contribution is -2.13. The van der Waals surface area contributed by atoms with Crippen LogP contribution in [-0.2, 0) is 4.79 Å². The van der Waals surface area contributed by atoms with Crippen LogP contribution in [0.5, 0.6) is 0 Å². The van der Waals surface area contributed by atoms with Crippen LogP contribution in [0, 0.1) is 21.4 Å². The number of anilines is 1. The number of nitriles is 1. The third kappa shape index (κ3) is 4.44. The number of nitrogens with zero attached hydrogens (tertiary/aromatic N) is 2. The highest BCUT2D eigenvalue weighted by Gasteiger charge is 2.12. The van der Waals surface area contributed by atoms with Crippen LogP contribution >= 0.6 is 11.6 Å². The fraction of sp³-hybridized carbons (Fsp3) is 0. The first kappa shape index (κ1) is 18.9. The van der Waals surface area contributed by atoms with E-state index in [1.165, 1.54) is 18.2 Å². The molecule has 1 amide bonds. The summed E-state index contributed by atoms with van der Waals surface area (Å²) in [6.07, 6.45) is 1.31. The van der Waals surface area contributed by atoms with E-state index in [0.29, 0.717) is 27.8 Å². The van der Waals surface area contributed by atoms with Gasteiger partial charge in [-0.15, -0.1) is 0 Å². The van der Waals surface area contributed by atoms with Crippen LogP contribution in [0.2, 0.25) is 5.02 Å². The number of nitrogens with one attached hydrogen (secondary N) is 1. The number of rotatable bonds is 5. The summed E-state index contributed by atoms with van der Waals surface area (Å²) in [5, 5.41) is 23.1. The molecule has 0 saturated heterocycles. The van der Waals surface area contributed by atoms with Gasteiger partial charge in [0.05, 0.1) is 4.92 Å². The third-order valence-electron chi connectivity index (χ3n) is 3.72. The van der Waals surface area contributed by atoms with Crippen LogP contribution in [0.15, 0.2) is 70.7 Å². The van der Waals surface area contributed by atoms with E-state index in [4.69, 9.17) is 16.0 Å². The molecule has 0 aliphatic rings. The van der Waals surface area contributed by atoms with Crippen molar-refractivity contribution in [3.8, 4) is 17.4 Å². The fourth-order valence-corrected chi connectivity index (χ4v) is 2.58. The number of benzene rings is 2. The maximum Gasteiger partial charge on any atom is 0.269 e. The predicted octanol–water partition coefficient (Wildman–Crippen LogP) is 5.05. The van der Waals surface area contributed by atoms with Crippen LogP contribution in [0.3, 0.4) is 0 Å². The number of non-ortho nitro benzene ring substituents is 1. The maximum absolute atomic E-state index is 12.3. The van der Waals surface area contributed by atoms with Gasteiger partial charge in [-0.05, 0) is 42.5 Å². The first-order chi connectivity index (χ1) is 13.5. The van der Waals surface area contributed by atoms with Gasteiger partial charge in [0.1, 0.15) is 23.2 Å². The van der Waals surface area contributed by atoms with E-state index in [1.807, 2.05) is 6.07 Å². The normalized spacial score (nSPS) is 10.9. The van der Waals surface area contributed by atoms with Crippen molar-refractivity contribution in [1.82, 2.24) is 0 Å². The van der Waals surface area contributed by atoms with Crippen LogP contribution in [0.25, 0.3) is 17.4 Å². The van der Waals surface area contributed by atoms with E-state index < -0.39 is 10.8 Å². The second kappa shape index (κ2) is 8.20. The second-order valence-electron chi connectivity index (χ2n) is 5.64. The first-order valence-corrected chi connectivity index (χ1v) is 8.37. The molecule has 0 aliphatic heterocycles. The first-order valence-electron chi connectivity index (χ1n) is 7.99. The monoisotopic (exact) mass is 393 g/mol. The minimum absolute atomic E-state index is 0.0279. The average Bonchev–Trinajstić information content (AvgIpc) is 3.14. The molecule has 138 valence electrons. The molecule has 0 bridgehead atoms. The number of hydrogen-bond acceptors (Lipinski definition) is 5. The quantitative estimate of drug-likeness (QED) is 0.282. The van der Waals surface area contributed by atoms with Gasteiger partial charge in [-0.2, -0.15) is 5.26 Å². The van der Waals surface area contributed by atoms with Crippen LogP contribution in [-0.4, -0.2) is 10.8 Å². The molecule has 8 heteroatoms. The van der Waals surface area contributed by atoms with Crippen LogP contribution in [0.4, 0.5) is 11.4 Å². The van der Waals surface area contributed by atoms with Gasteiger partial charge in [-0.3, -0.25) is 14.9 Å². The zero-order valence-electron chi connectivity index (χ0n) is 14.3. The molecule has 1 heterocycles. The molecule has 1 aromatic heterocycles. The van der Waals surface area contributed by atoms with Crippen molar-refractivity contribution in [2.45, 2.75) is 0 Å². The SMILES string of the molecule is N#C/C(=C\c1ccc(-c2ccc([N+](=O)[O-])cc2)o1)C(=O)Nc1cccc(Cl)c1. The minimum Gasteiger partial charge on any atom is -0.457 e. The topological polar surface area (TPSA) is 109 Å². The van der Waals surface area contributed by atoms with E-state index in [0.717, 1.165) is 0 Å². The Morgan fingerprint density at radius 2 is 1.93 bits per heavy atom. The zero-order chi connectivity index (χ0) is 20.1. The number of furan rings is 1. The Morgan fingerprint density at radius 1 is 1.18 bits per heavy atom. The number of nitro benzene ring substituents is 1. The van der Waals surface area contributed by atoms with Gasteiger partial charge in [0.15, 0.2) is 0 Å². The minimum atomic E-state index is -0.599. The molecule has 0 atom stereocenters. The average molecular weight is 394 g/mol. The van der Waals surface area contributed by atoms with Crippen molar-refractivity contribution in [2.24, 2.45) is 0 Å². The molecule has 0 saturated carbocycles. The lowest BCUT2D eigenvalue weighted by Gasteiger charge is -2.04. The van der Waals surface area contributed by atoms with E-state index in [9.17, 15) is 20.2 Å². The van der Waals surface area contributed by atoms with E-state index in [-0.39, 0.29) is 11.3 Å². The smallest absolute Gasteiger partial charge is 0.269 e. The number of halogens is 1. The molecule has 2 aromatic carbocycles. The zero-order valence-corrected chi connectivity index (χ0v) is 15.0. The Balaban J connectivity index is 1.79. The Bertz CT molecular complexity index is 1110. The summed E-state index contributed by atoms with van der Waals surface area (Å²) >= 11 is 5.88. The highest BCUT2D eigenvalue weighted by atomic mass is 35.5. The molecular weight excluding hydrogens is 382 g/mol. The van der Waals surface area contributed by atoms with Gasteiger partial charge in [0, 0.05) is 34.5 Å². The van der Waals surface area contributed by atoms with Gasteiger partial charge in [0.25, 0.3) is 11.6 Å². The van der Waals surface area contributed by atoms with Gasteiger partial charge in [-0.25, -0.2) is 0 Å². The van der Waals surface area contributed by atoms with Crippen LogP contribution in [0.1, 0.15) is 5.76 Å². The third-order valence-corrected chi connectivity index (χ3v) is 3.96. The van der Waals surface area contributed by atoms with Crippen molar-refractivity contribution < 1.29 is 14.1 Å². The summed E-state index contributed by atoms with van der Waals surface area (Å²) in [4.78, 5) is 22.5. The Labute approximate surface area is 164 Å². The highest BCUT2D eigenvalue weighted by Crippen LogP contribution is 2.25. The number of nitro groups is 1. The standard InChI is InChI=1S/C20H12ClN3O4/c21-15-2-1-3-16(11-15)23-20(25)14(12-22)10-18-8-9-19(28-18)13-4-6-17(7-5-13)24(26)27/h1-11H,(H,23,25)/b14-10+. The summed E-state index contributed by atoms with van der Waals surface area (Å²) in [7, 11) is 0. The van der Waals surface area contributed by atoms with Crippen LogP contribution < -0.4 is 5.32 Å². The Morgan fingerprint density at radius 3 is 2.57 bits per heavy atom. The summed E-state index contributed by atoms with van der Waals surface area (Å²) in [5.74, 6) is 0.151. The van der Waals surface area contributed by atoms with Crippen molar-refractivity contribution in [1.29, 1.82) is 5.26 Å². The number of carbonyl (C=O) groups excluding carboxylic acids is 1. The Kier molecular flexibility index (Phi) is 5.53. The number of carbonyl (C=O) groups is 1. The van der Waals surface area contributed by atoms with Crippen molar-refractivity contribution in [2.75, 3.05) is 5.32 Å². The molecule has 0 spiro atoms. The fourth-order valence-electron chi connectivity index (χ4n) is 2.39. The molecule has 3 aromatic rings. The number of hydrogen-bond donors (Lipinski definition) is 1. The van der Waals surface area contributed by atoms with Gasteiger partial charge < -0.3 is 9.73 Å². The highest BCUT2D eigenvalue weighted by molar-refractivity contribution is 6.31. The molecule has 0 unspecified atom stereocenters. The second-order valence-corrected chi connectivity index (χ2v) is 6.08. The molecular formula is C20H12ClN3O4. The van der Waals surface area contributed by atoms with Crippen molar-refractivity contribution >= 4 is 35.0 Å². The lowest BCUT2D eigenvalue weighted by atomic mass is 10.1. The molecule has 0 aliphatic carbocycles. The molecule has 3 rings (SSSR count). The van der Waals surface area contributed by atoms with Gasteiger partial charge >= 0.3 is 0 Å². The summed E-state index contributed by atoms with van der Waals surface area (Å²) < 4.78 is 5.62. The van der Waals surface area contributed by atoms with E-state index >= 15 is 0 Å². The Hall–Kier alpha value is -3.89. The van der Waals surface area contributed by atoms with Crippen molar-refractivity contribution in [3.05, 3.63) is 87.1 Å². The van der Waals surface area contributed by atoms with E-state index in [1.54, 1.807) is 48.5 Å². The van der Waals surface area contributed by atoms with Gasteiger partial charge in [-0.1, -0.05) is 17.7 Å². The number of amides is 1. The lowest BCUT2D eigenvalue weighted by molar-refractivity contribution is -0.384. The largest absolute Gasteiger partial charge is 0.457 e. The summed E-state index contributed by atoms with van der Waals surface area (Å²) in [6, 6.07) is 17.5. The predicted molar refractivity (Wildman–Crippen MR) is 104 cm³/mol. The van der Waals surface area contributed by atoms with Gasteiger partial charge in [0.2, 0.25) is 0 Å². The summed E-state index contributed by atoms with van der Waals surface area (Å²) in [5.41, 5.74) is 0.918.